The number of carbonyl (C=O) groups is 2. The lowest BCUT2D eigenvalue weighted by Crippen LogP contribution is -2.39. The summed E-state index contributed by atoms with van der Waals surface area (Å²) in [6.07, 6.45) is 0.718. The van der Waals surface area contributed by atoms with Crippen molar-refractivity contribution < 1.29 is 43.5 Å². The number of fused-ring (bicyclic) bond motifs is 3. The van der Waals surface area contributed by atoms with Gasteiger partial charge in [0.05, 0.1) is 23.4 Å². The minimum absolute atomic E-state index is 0.0446. The van der Waals surface area contributed by atoms with Crippen molar-refractivity contribution in [2.45, 2.75) is 45.8 Å². The van der Waals surface area contributed by atoms with Crippen LogP contribution < -0.4 is 5.32 Å². The molecule has 5 N–H and O–H groups in total. The van der Waals surface area contributed by atoms with Crippen LogP contribution in [0.4, 0.5) is 14.5 Å². The molecule has 1 amide bonds. The number of hydrogen-bond donors (Lipinski definition) is 5. The molecule has 0 aromatic heterocycles. The second-order valence-corrected chi connectivity index (χ2v) is 9.87. The molecular weight excluding hydrogens is 478 g/mol. The first kappa shape index (κ1) is 25.1. The molecule has 2 aromatic carbocycles. The molecule has 0 saturated heterocycles. The fourth-order valence-electron chi connectivity index (χ4n) is 4.89. The zero-order valence-electron chi connectivity index (χ0n) is 20.0. The van der Waals surface area contributed by atoms with Gasteiger partial charge < -0.3 is 35.4 Å². The van der Waals surface area contributed by atoms with E-state index in [1.165, 1.54) is 11.1 Å². The number of phenolic OH excluding ortho intramolecular Hbond substituents is 4. The number of phenols is 4. The predicted molar refractivity (Wildman–Crippen MR) is 124 cm³/mol. The van der Waals surface area contributed by atoms with E-state index in [4.69, 9.17) is 4.74 Å². The van der Waals surface area contributed by atoms with E-state index in [2.05, 4.69) is 5.32 Å². The van der Waals surface area contributed by atoms with Gasteiger partial charge in [-0.2, -0.15) is 0 Å². The van der Waals surface area contributed by atoms with Crippen molar-refractivity contribution in [1.29, 1.82) is 0 Å². The van der Waals surface area contributed by atoms with Crippen molar-refractivity contribution in [1.82, 2.24) is 4.90 Å². The van der Waals surface area contributed by atoms with Crippen LogP contribution in [0.5, 0.6) is 23.0 Å². The number of ether oxygens (including phenoxy) is 1. The average Bonchev–Trinajstić information content (AvgIpc) is 3.16. The molecule has 0 bridgehead atoms. The Balaban J connectivity index is 1.88. The Morgan fingerprint density at radius 1 is 1.06 bits per heavy atom. The highest BCUT2D eigenvalue weighted by Gasteiger charge is 2.52. The van der Waals surface area contributed by atoms with Gasteiger partial charge >= 0.3 is 5.97 Å². The van der Waals surface area contributed by atoms with Crippen molar-refractivity contribution in [3.05, 3.63) is 52.7 Å². The highest BCUT2D eigenvalue weighted by atomic mass is 19.2. The standard InChI is InChI=1S/C25H26F2N2O7/c1-10(2)36-24(35)12-8-29(23(34)11-5-6-13(26)14(27)7-11)9-25(3,4)16-15-18(28-17(12)16)20(31)22(33)21(32)19(15)30/h5-8,10,16-17,28,30-33H,9H2,1-4H3. The summed E-state index contributed by atoms with van der Waals surface area (Å²) in [5.74, 6) is -7.91. The molecule has 2 aliphatic rings. The summed E-state index contributed by atoms with van der Waals surface area (Å²) >= 11 is 0. The molecule has 36 heavy (non-hydrogen) atoms. The number of nitrogens with one attached hydrogen (secondary N) is 1. The third kappa shape index (κ3) is 3.94. The Kier molecular flexibility index (Phi) is 5.98. The number of anilines is 1. The topological polar surface area (TPSA) is 140 Å². The molecule has 2 aliphatic heterocycles. The molecule has 9 nitrogen and oxygen atoms in total. The van der Waals surface area contributed by atoms with Gasteiger partial charge in [-0.25, -0.2) is 13.6 Å². The summed E-state index contributed by atoms with van der Waals surface area (Å²) < 4.78 is 32.7. The first-order valence-corrected chi connectivity index (χ1v) is 11.2. The van der Waals surface area contributed by atoms with Gasteiger partial charge in [0.25, 0.3) is 5.91 Å². The van der Waals surface area contributed by atoms with Gasteiger partial charge in [-0.3, -0.25) is 4.79 Å². The van der Waals surface area contributed by atoms with Crippen molar-refractivity contribution in [2.24, 2.45) is 5.41 Å². The number of rotatable bonds is 3. The van der Waals surface area contributed by atoms with E-state index in [1.807, 2.05) is 0 Å². The molecule has 4 rings (SSSR count). The van der Waals surface area contributed by atoms with Gasteiger partial charge in [0.1, 0.15) is 0 Å². The van der Waals surface area contributed by atoms with Crippen LogP contribution in [0.2, 0.25) is 0 Å². The Morgan fingerprint density at radius 2 is 1.69 bits per heavy atom. The lowest BCUT2D eigenvalue weighted by molar-refractivity contribution is -0.143. The molecular formula is C25H26F2N2O7. The number of nitrogens with zero attached hydrogens (tertiary/aromatic N) is 1. The first-order valence-electron chi connectivity index (χ1n) is 11.2. The first-order chi connectivity index (χ1) is 16.7. The maximum atomic E-state index is 13.9. The maximum absolute atomic E-state index is 13.9. The van der Waals surface area contributed by atoms with Gasteiger partial charge in [-0.15, -0.1) is 0 Å². The zero-order valence-corrected chi connectivity index (χ0v) is 20.0. The van der Waals surface area contributed by atoms with Crippen LogP contribution in [0.1, 0.15) is 49.5 Å². The Labute approximate surface area is 205 Å². The van der Waals surface area contributed by atoms with Crippen molar-refractivity contribution in [3.8, 4) is 23.0 Å². The van der Waals surface area contributed by atoms with Crippen LogP contribution >= 0.6 is 0 Å². The SMILES string of the molecule is CC(C)OC(=O)C1=CN(C(=O)c2ccc(F)c(F)c2)CC(C)(C)C2c3c(O)c(O)c(O)c(O)c3NC12. The van der Waals surface area contributed by atoms with E-state index in [1.54, 1.807) is 27.7 Å². The van der Waals surface area contributed by atoms with Crippen LogP contribution in [0.25, 0.3) is 0 Å². The monoisotopic (exact) mass is 504 g/mol. The summed E-state index contributed by atoms with van der Waals surface area (Å²) in [7, 11) is 0. The van der Waals surface area contributed by atoms with Crippen molar-refractivity contribution in [2.75, 3.05) is 11.9 Å². The zero-order chi connectivity index (χ0) is 26.7. The second-order valence-electron chi connectivity index (χ2n) is 9.87. The lowest BCUT2D eigenvalue weighted by Gasteiger charge is -2.36. The number of benzene rings is 2. The van der Waals surface area contributed by atoms with Crippen LogP contribution in [0.3, 0.4) is 0 Å². The summed E-state index contributed by atoms with van der Waals surface area (Å²) in [5.41, 5.74) is -1.18. The van der Waals surface area contributed by atoms with Gasteiger partial charge in [0.2, 0.25) is 11.5 Å². The van der Waals surface area contributed by atoms with E-state index in [9.17, 15) is 38.8 Å². The van der Waals surface area contributed by atoms with Gasteiger partial charge in [0.15, 0.2) is 23.1 Å². The normalized spacial score (nSPS) is 20.2. The van der Waals surface area contributed by atoms with E-state index >= 15 is 0 Å². The number of halogens is 2. The van der Waals surface area contributed by atoms with Gasteiger partial charge in [-0.05, 0) is 37.5 Å². The number of carbonyl (C=O) groups excluding carboxylic acids is 2. The van der Waals surface area contributed by atoms with Gasteiger partial charge in [-0.1, -0.05) is 13.8 Å². The molecule has 0 fully saturated rings. The maximum Gasteiger partial charge on any atom is 0.337 e. The van der Waals surface area contributed by atoms with Crippen LogP contribution in [-0.2, 0) is 9.53 Å². The second kappa shape index (κ2) is 8.58. The minimum Gasteiger partial charge on any atom is -0.504 e. The quantitative estimate of drug-likeness (QED) is 0.242. The van der Waals surface area contributed by atoms with Crippen LogP contribution in [0, 0.1) is 17.0 Å². The fraction of sp³-hybridized carbons (Fsp3) is 0.360. The Hall–Kier alpha value is -4.02. The van der Waals surface area contributed by atoms with Crippen molar-refractivity contribution in [3.63, 3.8) is 0 Å². The third-order valence-corrected chi connectivity index (χ3v) is 6.43. The largest absolute Gasteiger partial charge is 0.504 e. The van der Waals surface area contributed by atoms with E-state index < -0.39 is 70.0 Å². The summed E-state index contributed by atoms with van der Waals surface area (Å²) in [5, 5.41) is 44.3. The number of hydrogen-bond acceptors (Lipinski definition) is 8. The van der Waals surface area contributed by atoms with E-state index in [-0.39, 0.29) is 28.9 Å². The molecule has 0 spiro atoms. The molecule has 0 radical (unpaired) electrons. The molecule has 2 unspecified atom stereocenters. The number of esters is 1. The highest BCUT2D eigenvalue weighted by Crippen LogP contribution is 2.61. The predicted octanol–water partition coefficient (Wildman–Crippen LogP) is 3.68. The molecule has 2 aromatic rings. The molecule has 11 heteroatoms. The summed E-state index contributed by atoms with van der Waals surface area (Å²) in [4.78, 5) is 27.7. The van der Waals surface area contributed by atoms with Crippen LogP contribution in [-0.4, -0.2) is 55.9 Å². The summed E-state index contributed by atoms with van der Waals surface area (Å²) in [6, 6.07) is 1.75. The molecule has 192 valence electrons. The average molecular weight is 504 g/mol. The van der Waals surface area contributed by atoms with Crippen molar-refractivity contribution >= 4 is 17.6 Å². The smallest absolute Gasteiger partial charge is 0.337 e. The fourth-order valence-corrected chi connectivity index (χ4v) is 4.89. The number of aromatic hydroxyl groups is 4. The van der Waals surface area contributed by atoms with Gasteiger partial charge in [0, 0.05) is 29.8 Å². The van der Waals surface area contributed by atoms with Crippen LogP contribution in [0.15, 0.2) is 30.0 Å². The number of amides is 1. The highest BCUT2D eigenvalue weighted by molar-refractivity contribution is 5.98. The minimum atomic E-state index is -1.21. The molecule has 2 heterocycles. The third-order valence-electron chi connectivity index (χ3n) is 6.43. The molecule has 2 atom stereocenters. The molecule has 0 aliphatic carbocycles. The lowest BCUT2D eigenvalue weighted by atomic mass is 9.71. The Bertz CT molecular complexity index is 1310. The summed E-state index contributed by atoms with van der Waals surface area (Å²) in [6.45, 7) is 6.67. The van der Waals surface area contributed by atoms with E-state index in [0.717, 1.165) is 18.2 Å². The van der Waals surface area contributed by atoms with E-state index in [0.29, 0.717) is 0 Å². The Morgan fingerprint density at radius 3 is 2.31 bits per heavy atom. The molecule has 0 saturated carbocycles.